The molecule has 0 aliphatic carbocycles. The zero-order valence-corrected chi connectivity index (χ0v) is 9.16. The van der Waals surface area contributed by atoms with Crippen LogP contribution in [0.4, 0.5) is 4.39 Å². The molecule has 0 aliphatic rings. The molecule has 0 saturated carbocycles. The Labute approximate surface area is 96.1 Å². The second kappa shape index (κ2) is 4.37. The fourth-order valence-electron chi connectivity index (χ4n) is 1.61. The summed E-state index contributed by atoms with van der Waals surface area (Å²) < 4.78 is 14.2. The van der Waals surface area contributed by atoms with Gasteiger partial charge in [-0.3, -0.25) is 9.78 Å². The monoisotopic (exact) mass is 234 g/mol. The van der Waals surface area contributed by atoms with Crippen LogP contribution in [0.25, 0.3) is 0 Å². The third-order valence-electron chi connectivity index (χ3n) is 2.57. The Morgan fingerprint density at radius 1 is 1.12 bits per heavy atom. The van der Waals surface area contributed by atoms with Crippen LogP contribution in [0.5, 0.6) is 0 Å². The molecule has 0 saturated heterocycles. The smallest absolute Gasteiger partial charge is 0.308 e. The van der Waals surface area contributed by atoms with Crippen molar-refractivity contribution in [1.82, 2.24) is 9.97 Å². The number of nitrogens with one attached hydrogen (secondary N) is 2. The van der Waals surface area contributed by atoms with Gasteiger partial charge in [0.1, 0.15) is 0 Å². The van der Waals surface area contributed by atoms with Crippen LogP contribution in [0.1, 0.15) is 23.0 Å². The van der Waals surface area contributed by atoms with E-state index < -0.39 is 17.4 Å². The van der Waals surface area contributed by atoms with E-state index >= 15 is 0 Å². The fraction of sp³-hybridized carbons (Fsp3) is 0.167. The van der Waals surface area contributed by atoms with E-state index in [0.717, 1.165) is 0 Å². The first-order valence-corrected chi connectivity index (χ1v) is 5.11. The summed E-state index contributed by atoms with van der Waals surface area (Å²) in [4.78, 5) is 26.9. The van der Waals surface area contributed by atoms with Gasteiger partial charge in [-0.2, -0.15) is 0 Å². The number of hydrogen-bond donors (Lipinski definition) is 2. The number of rotatable bonds is 2. The fourth-order valence-corrected chi connectivity index (χ4v) is 1.61. The first kappa shape index (κ1) is 11.3. The van der Waals surface area contributed by atoms with Crippen LogP contribution in [-0.4, -0.2) is 9.97 Å². The molecular weight excluding hydrogens is 223 g/mol. The van der Waals surface area contributed by atoms with Crippen molar-refractivity contribution in [1.29, 1.82) is 0 Å². The molecule has 1 heterocycles. The van der Waals surface area contributed by atoms with Gasteiger partial charge in [-0.1, -0.05) is 30.3 Å². The van der Waals surface area contributed by atoms with E-state index in [1.165, 1.54) is 6.92 Å². The zero-order chi connectivity index (χ0) is 12.4. The lowest BCUT2D eigenvalue weighted by molar-refractivity contribution is 0.389. The largest absolute Gasteiger partial charge is 0.326 e. The lowest BCUT2D eigenvalue weighted by atomic mass is 10.1. The Morgan fingerprint density at radius 2 is 1.76 bits per heavy atom. The van der Waals surface area contributed by atoms with Crippen molar-refractivity contribution in [2.24, 2.45) is 0 Å². The van der Waals surface area contributed by atoms with Gasteiger partial charge in [0.05, 0.1) is 5.69 Å². The number of alkyl halides is 1. The van der Waals surface area contributed by atoms with E-state index in [9.17, 15) is 14.0 Å². The molecule has 2 aromatic rings. The zero-order valence-electron chi connectivity index (χ0n) is 9.16. The highest BCUT2D eigenvalue weighted by atomic mass is 19.1. The maximum Gasteiger partial charge on any atom is 0.326 e. The van der Waals surface area contributed by atoms with Crippen LogP contribution in [0, 0.1) is 6.92 Å². The third-order valence-corrected chi connectivity index (χ3v) is 2.57. The summed E-state index contributed by atoms with van der Waals surface area (Å²) >= 11 is 0. The SMILES string of the molecule is Cc1c(C(F)c2ccccc2)[nH]c(=O)[nH]c1=O. The van der Waals surface area contributed by atoms with Gasteiger partial charge in [0.2, 0.25) is 0 Å². The summed E-state index contributed by atoms with van der Waals surface area (Å²) in [5.74, 6) is 0. The second-order valence-electron chi connectivity index (χ2n) is 3.72. The number of H-pyrrole nitrogens is 2. The standard InChI is InChI=1S/C12H11FN2O2/c1-7-10(14-12(17)15-11(7)16)9(13)8-5-3-2-4-6-8/h2-6,9H,1H3,(H2,14,15,16,17). The predicted molar refractivity (Wildman–Crippen MR) is 61.8 cm³/mol. The molecule has 4 nitrogen and oxygen atoms in total. The summed E-state index contributed by atoms with van der Waals surface area (Å²) in [5.41, 5.74) is -0.681. The van der Waals surface area contributed by atoms with Crippen molar-refractivity contribution in [3.05, 3.63) is 68.0 Å². The highest BCUT2D eigenvalue weighted by Gasteiger charge is 2.17. The minimum Gasteiger partial charge on any atom is -0.308 e. The molecule has 2 rings (SSSR count). The molecular formula is C12H11FN2O2. The van der Waals surface area contributed by atoms with Gasteiger partial charge >= 0.3 is 5.69 Å². The van der Waals surface area contributed by atoms with Crippen LogP contribution in [-0.2, 0) is 0 Å². The molecule has 1 unspecified atom stereocenters. The summed E-state index contributed by atoms with van der Waals surface area (Å²) in [7, 11) is 0. The minimum atomic E-state index is -1.51. The topological polar surface area (TPSA) is 65.7 Å². The minimum absolute atomic E-state index is 0.00458. The van der Waals surface area contributed by atoms with Gasteiger partial charge in [-0.25, -0.2) is 9.18 Å². The van der Waals surface area contributed by atoms with E-state index in [0.29, 0.717) is 5.56 Å². The van der Waals surface area contributed by atoms with Gasteiger partial charge in [0.25, 0.3) is 5.56 Å². The van der Waals surface area contributed by atoms with Crippen LogP contribution in [0.2, 0.25) is 0 Å². The summed E-state index contributed by atoms with van der Waals surface area (Å²) in [5, 5.41) is 0. The first-order valence-electron chi connectivity index (χ1n) is 5.11. The molecule has 2 N–H and O–H groups in total. The molecule has 0 fully saturated rings. The molecule has 0 bridgehead atoms. The number of aromatic nitrogens is 2. The van der Waals surface area contributed by atoms with E-state index in [-0.39, 0.29) is 11.3 Å². The Hall–Kier alpha value is -2.17. The number of benzene rings is 1. The van der Waals surface area contributed by atoms with Crippen LogP contribution >= 0.6 is 0 Å². The number of halogens is 1. The quantitative estimate of drug-likeness (QED) is 0.825. The molecule has 0 amide bonds. The van der Waals surface area contributed by atoms with E-state index in [1.54, 1.807) is 30.3 Å². The van der Waals surface area contributed by atoms with Crippen LogP contribution in [0.15, 0.2) is 39.9 Å². The lowest BCUT2D eigenvalue weighted by Gasteiger charge is -2.10. The summed E-state index contributed by atoms with van der Waals surface area (Å²) in [6.45, 7) is 1.47. The van der Waals surface area contributed by atoms with Gasteiger partial charge in [-0.05, 0) is 12.5 Å². The van der Waals surface area contributed by atoms with Crippen molar-refractivity contribution >= 4 is 0 Å². The average molecular weight is 234 g/mol. The Bertz CT molecular complexity index is 631. The Balaban J connectivity index is 2.55. The molecule has 1 aromatic heterocycles. The lowest BCUT2D eigenvalue weighted by Crippen LogP contribution is -2.27. The maximum atomic E-state index is 14.2. The van der Waals surface area contributed by atoms with Crippen LogP contribution in [0.3, 0.4) is 0 Å². The van der Waals surface area contributed by atoms with Crippen molar-refractivity contribution < 1.29 is 4.39 Å². The van der Waals surface area contributed by atoms with Gasteiger partial charge < -0.3 is 4.98 Å². The van der Waals surface area contributed by atoms with Gasteiger partial charge in [-0.15, -0.1) is 0 Å². The van der Waals surface area contributed by atoms with Crippen molar-refractivity contribution in [3.8, 4) is 0 Å². The molecule has 1 aromatic carbocycles. The number of aromatic amines is 2. The van der Waals surface area contributed by atoms with Crippen LogP contribution < -0.4 is 11.2 Å². The van der Waals surface area contributed by atoms with Crippen molar-refractivity contribution in [3.63, 3.8) is 0 Å². The van der Waals surface area contributed by atoms with E-state index in [1.807, 2.05) is 0 Å². The first-order chi connectivity index (χ1) is 8.09. The number of hydrogen-bond acceptors (Lipinski definition) is 2. The molecule has 0 spiro atoms. The highest BCUT2D eigenvalue weighted by molar-refractivity contribution is 5.28. The normalized spacial score (nSPS) is 12.4. The Kier molecular flexibility index (Phi) is 2.91. The average Bonchev–Trinajstić information content (AvgIpc) is 2.34. The second-order valence-corrected chi connectivity index (χ2v) is 3.72. The Morgan fingerprint density at radius 3 is 2.41 bits per heavy atom. The van der Waals surface area contributed by atoms with Gasteiger partial charge in [0.15, 0.2) is 6.17 Å². The van der Waals surface area contributed by atoms with E-state index in [4.69, 9.17) is 0 Å². The maximum absolute atomic E-state index is 14.2. The molecule has 1 atom stereocenters. The summed E-state index contributed by atoms with van der Waals surface area (Å²) in [6.07, 6.45) is -1.51. The molecule has 88 valence electrons. The van der Waals surface area contributed by atoms with Gasteiger partial charge in [0, 0.05) is 5.56 Å². The summed E-state index contributed by atoms with van der Waals surface area (Å²) in [6, 6.07) is 8.36. The third kappa shape index (κ3) is 2.18. The van der Waals surface area contributed by atoms with Crippen molar-refractivity contribution in [2.45, 2.75) is 13.1 Å². The molecule has 5 heteroatoms. The van der Waals surface area contributed by atoms with Crippen molar-refractivity contribution in [2.75, 3.05) is 0 Å². The molecule has 17 heavy (non-hydrogen) atoms. The predicted octanol–water partition coefficient (Wildman–Crippen LogP) is 1.43. The van der Waals surface area contributed by atoms with E-state index in [2.05, 4.69) is 9.97 Å². The molecule has 0 aliphatic heterocycles. The highest BCUT2D eigenvalue weighted by Crippen LogP contribution is 2.24. The molecule has 0 radical (unpaired) electrons.